The molecule has 0 bridgehead atoms. The fraction of sp³-hybridized carbons (Fsp3) is 0.348. The van der Waals surface area contributed by atoms with Crippen molar-refractivity contribution < 1.29 is 9.84 Å². The van der Waals surface area contributed by atoms with Crippen LogP contribution in [-0.2, 0) is 11.3 Å². The standard InChI is InChI=1S/C23H25N9O3/c33-22-17(28-23(34)30-22)10-15-13-26-32-20(27-16-1-2-16)11-18(29-21(15)32)25-12-14-3-4-24-19(9-14)31-5-7-35-8-6-31/h3-4,9-11,13,16,25,33H,1-2,5-8,12H2,(H2,28,30,34). The Kier molecular flexibility index (Phi) is 5.41. The van der Waals surface area contributed by atoms with Gasteiger partial charge < -0.3 is 25.0 Å². The predicted octanol–water partition coefficient (Wildman–Crippen LogP) is -0.0942. The van der Waals surface area contributed by atoms with Gasteiger partial charge in [-0.3, -0.25) is 9.98 Å². The number of hydrogen-bond donors (Lipinski definition) is 4. The Morgan fingerprint density at radius 2 is 2.11 bits per heavy atom. The summed E-state index contributed by atoms with van der Waals surface area (Å²) >= 11 is 0. The number of aromatic amines is 2. The maximum absolute atomic E-state index is 11.5. The number of nitrogens with zero attached hydrogens (tertiary/aromatic N) is 6. The van der Waals surface area contributed by atoms with Gasteiger partial charge in [-0.1, -0.05) is 0 Å². The van der Waals surface area contributed by atoms with E-state index in [9.17, 15) is 9.90 Å². The lowest BCUT2D eigenvalue weighted by Gasteiger charge is -2.28. The number of hydrogen-bond acceptors (Lipinski definition) is 9. The Labute approximate surface area is 199 Å². The molecule has 0 unspecified atom stereocenters. The zero-order valence-electron chi connectivity index (χ0n) is 18.9. The molecule has 0 spiro atoms. The van der Waals surface area contributed by atoms with Gasteiger partial charge in [-0.25, -0.2) is 14.8 Å². The second-order valence-corrected chi connectivity index (χ2v) is 8.66. The first-order valence-electron chi connectivity index (χ1n) is 11.6. The van der Waals surface area contributed by atoms with Crippen molar-refractivity contribution in [3.05, 3.63) is 63.0 Å². The maximum Gasteiger partial charge on any atom is 0.326 e. The van der Waals surface area contributed by atoms with Gasteiger partial charge in [0.05, 0.1) is 25.5 Å². The predicted molar refractivity (Wildman–Crippen MR) is 128 cm³/mol. The Morgan fingerprint density at radius 1 is 1.26 bits per heavy atom. The Morgan fingerprint density at radius 3 is 2.89 bits per heavy atom. The number of pyridine rings is 1. The molecule has 1 saturated heterocycles. The molecule has 1 aliphatic heterocycles. The summed E-state index contributed by atoms with van der Waals surface area (Å²) in [6.07, 6.45) is 7.21. The van der Waals surface area contributed by atoms with Crippen molar-refractivity contribution in [3.8, 4) is 5.88 Å². The van der Waals surface area contributed by atoms with Crippen LogP contribution in [0.4, 0.5) is 11.6 Å². The van der Waals surface area contributed by atoms with Gasteiger partial charge in [0, 0.05) is 37.1 Å². The van der Waals surface area contributed by atoms with Gasteiger partial charge >= 0.3 is 5.69 Å². The Bertz CT molecular complexity index is 1540. The van der Waals surface area contributed by atoms with E-state index in [4.69, 9.17) is 14.7 Å². The molecule has 4 N–H and O–H groups in total. The number of rotatable bonds is 6. The van der Waals surface area contributed by atoms with Crippen molar-refractivity contribution in [2.24, 2.45) is 4.99 Å². The van der Waals surface area contributed by atoms with Gasteiger partial charge in [0.25, 0.3) is 0 Å². The first-order chi connectivity index (χ1) is 17.1. The van der Waals surface area contributed by atoms with E-state index in [1.165, 1.54) is 0 Å². The highest BCUT2D eigenvalue weighted by Gasteiger charge is 2.20. The van der Waals surface area contributed by atoms with E-state index in [0.717, 1.165) is 37.3 Å². The molecule has 4 aromatic heterocycles. The number of aromatic hydroxyl groups is 1. The molecule has 35 heavy (non-hydrogen) atoms. The van der Waals surface area contributed by atoms with E-state index in [2.05, 4.69) is 36.3 Å². The lowest BCUT2D eigenvalue weighted by atomic mass is 10.2. The SMILES string of the molecule is O=c1[nH]c(O)c(C=c2cnn3c(=NC4CC4)cc(NCc4ccnc(N5CCOCC5)c4)nc23)[nH]1. The van der Waals surface area contributed by atoms with Gasteiger partial charge in [0.2, 0.25) is 5.88 Å². The molecule has 5 heterocycles. The van der Waals surface area contributed by atoms with E-state index in [-0.39, 0.29) is 11.6 Å². The summed E-state index contributed by atoms with van der Waals surface area (Å²) in [5, 5.41) is 18.4. The van der Waals surface area contributed by atoms with Crippen molar-refractivity contribution in [2.45, 2.75) is 25.4 Å². The fourth-order valence-electron chi connectivity index (χ4n) is 4.02. The van der Waals surface area contributed by atoms with Crippen LogP contribution >= 0.6 is 0 Å². The minimum absolute atomic E-state index is 0.236. The second-order valence-electron chi connectivity index (χ2n) is 8.66. The number of nitrogens with one attached hydrogen (secondary N) is 3. The molecule has 2 aliphatic rings. The number of fused-ring (bicyclic) bond motifs is 1. The highest BCUT2D eigenvalue weighted by atomic mass is 16.5. The largest absolute Gasteiger partial charge is 0.493 e. The van der Waals surface area contributed by atoms with Gasteiger partial charge in [-0.05, 0) is 36.6 Å². The molecule has 12 nitrogen and oxygen atoms in total. The van der Waals surface area contributed by atoms with Crippen LogP contribution < -0.4 is 26.6 Å². The zero-order valence-corrected chi connectivity index (χ0v) is 18.9. The number of aromatic nitrogens is 6. The molecule has 2 fully saturated rings. The third kappa shape index (κ3) is 4.60. The van der Waals surface area contributed by atoms with Crippen LogP contribution in [0.2, 0.25) is 0 Å². The molecule has 0 amide bonds. The number of anilines is 2. The van der Waals surface area contributed by atoms with Crippen LogP contribution in [0.15, 0.2) is 40.4 Å². The molecule has 1 aliphatic carbocycles. The molecule has 0 radical (unpaired) electrons. The van der Waals surface area contributed by atoms with Gasteiger partial charge in [0.1, 0.15) is 17.3 Å². The van der Waals surface area contributed by atoms with Gasteiger partial charge in [-0.15, -0.1) is 0 Å². The summed E-state index contributed by atoms with van der Waals surface area (Å²) in [7, 11) is 0. The summed E-state index contributed by atoms with van der Waals surface area (Å²) in [6, 6.07) is 6.25. The van der Waals surface area contributed by atoms with Crippen LogP contribution in [0, 0.1) is 0 Å². The summed E-state index contributed by atoms with van der Waals surface area (Å²) < 4.78 is 7.12. The van der Waals surface area contributed by atoms with Crippen molar-refractivity contribution in [1.82, 2.24) is 29.5 Å². The van der Waals surface area contributed by atoms with Gasteiger partial charge in [0.15, 0.2) is 11.1 Å². The lowest BCUT2D eigenvalue weighted by molar-refractivity contribution is 0.122. The van der Waals surface area contributed by atoms with Crippen LogP contribution in [0.5, 0.6) is 5.88 Å². The number of imidazole rings is 1. The molecule has 0 atom stereocenters. The molecule has 0 aromatic carbocycles. The molecule has 12 heteroatoms. The zero-order chi connectivity index (χ0) is 23.8. The van der Waals surface area contributed by atoms with Crippen molar-refractivity contribution in [2.75, 3.05) is 36.5 Å². The van der Waals surface area contributed by atoms with Crippen LogP contribution in [0.1, 0.15) is 24.1 Å². The molecule has 180 valence electrons. The molecule has 4 aromatic rings. The normalized spacial score (nSPS) is 17.4. The van der Waals surface area contributed by atoms with Crippen molar-refractivity contribution in [3.63, 3.8) is 0 Å². The van der Waals surface area contributed by atoms with E-state index in [1.807, 2.05) is 18.3 Å². The fourth-order valence-corrected chi connectivity index (χ4v) is 4.02. The molecule has 6 rings (SSSR count). The molecular weight excluding hydrogens is 450 g/mol. The number of morpholine rings is 1. The molecule has 1 saturated carbocycles. The third-order valence-corrected chi connectivity index (χ3v) is 6.00. The van der Waals surface area contributed by atoms with E-state index in [1.54, 1.807) is 16.8 Å². The van der Waals surface area contributed by atoms with Crippen LogP contribution in [0.3, 0.4) is 0 Å². The van der Waals surface area contributed by atoms with Crippen LogP contribution in [0.25, 0.3) is 11.7 Å². The quantitative estimate of drug-likeness (QED) is 0.302. The third-order valence-electron chi connectivity index (χ3n) is 6.00. The highest BCUT2D eigenvalue weighted by Crippen LogP contribution is 2.22. The summed E-state index contributed by atoms with van der Waals surface area (Å²) in [4.78, 5) is 32.7. The minimum atomic E-state index is -0.487. The lowest BCUT2D eigenvalue weighted by Crippen LogP contribution is -2.36. The average molecular weight is 476 g/mol. The monoisotopic (exact) mass is 475 g/mol. The Hall–Kier alpha value is -4.19. The second kappa shape index (κ2) is 8.87. The topological polar surface area (TPSA) is 149 Å². The maximum atomic E-state index is 11.5. The summed E-state index contributed by atoms with van der Waals surface area (Å²) in [5.74, 6) is 1.36. The van der Waals surface area contributed by atoms with E-state index >= 15 is 0 Å². The highest BCUT2D eigenvalue weighted by molar-refractivity contribution is 5.58. The molecular formula is C23H25N9O3. The van der Waals surface area contributed by atoms with E-state index < -0.39 is 5.69 Å². The van der Waals surface area contributed by atoms with Crippen molar-refractivity contribution >= 4 is 23.4 Å². The smallest absolute Gasteiger partial charge is 0.326 e. The first kappa shape index (κ1) is 21.4. The summed E-state index contributed by atoms with van der Waals surface area (Å²) in [5.41, 5.74) is 2.13. The minimum Gasteiger partial charge on any atom is -0.493 e. The number of ether oxygens (including phenoxy) is 1. The first-order valence-corrected chi connectivity index (χ1v) is 11.6. The average Bonchev–Trinajstić information content (AvgIpc) is 3.51. The van der Waals surface area contributed by atoms with Crippen molar-refractivity contribution in [1.29, 1.82) is 0 Å². The van der Waals surface area contributed by atoms with Gasteiger partial charge in [-0.2, -0.15) is 9.61 Å². The summed E-state index contributed by atoms with van der Waals surface area (Å²) in [6.45, 7) is 3.64. The van der Waals surface area contributed by atoms with Crippen LogP contribution in [-0.4, -0.2) is 67.0 Å². The number of H-pyrrole nitrogens is 2. The van der Waals surface area contributed by atoms with E-state index in [0.29, 0.717) is 48.0 Å². The Balaban J connectivity index is 1.33.